The van der Waals surface area contributed by atoms with Crippen LogP contribution in [0.4, 0.5) is 26.1 Å². The number of anilines is 3. The standard InChI is InChI=1S/C25H24F2N8O.C5H13N.C2H6/c1-3-34-6-8-35(9-7-34)16-4-5-21(29-13-16)33-24-18(12-28)25(31-14-30-24)36-20-11-19(26)23-17(22(20)27)10-15(2)32-23;1-3-5-6-4-2;1-2/h4-5,10-11,13-14,32H,3,6-9H2,1-2H3,(H,29,30,31,33);6H,3-5H2,1-2H3;1-2H3. The number of H-pyrrole nitrogens is 1. The number of benzene rings is 1. The number of aromatic nitrogens is 4. The van der Waals surface area contributed by atoms with Gasteiger partial charge in [-0.25, -0.2) is 23.7 Å². The van der Waals surface area contributed by atoms with E-state index in [2.05, 4.69) is 61.1 Å². The second-order valence-electron chi connectivity index (χ2n) is 9.83. The van der Waals surface area contributed by atoms with E-state index in [0.717, 1.165) is 57.6 Å². The minimum Gasteiger partial charge on any atom is -0.434 e. The van der Waals surface area contributed by atoms with Crippen molar-refractivity contribution in [2.75, 3.05) is 56.0 Å². The Kier molecular flexibility index (Phi) is 13.3. The van der Waals surface area contributed by atoms with Crippen molar-refractivity contribution in [3.63, 3.8) is 0 Å². The van der Waals surface area contributed by atoms with Crippen LogP contribution in [0, 0.1) is 29.9 Å². The summed E-state index contributed by atoms with van der Waals surface area (Å²) in [6, 6.07) is 8.13. The highest BCUT2D eigenvalue weighted by atomic mass is 19.1. The van der Waals surface area contributed by atoms with Crippen molar-refractivity contribution < 1.29 is 13.5 Å². The number of hydrogen-bond donors (Lipinski definition) is 3. The van der Waals surface area contributed by atoms with Crippen molar-refractivity contribution in [1.82, 2.24) is 30.2 Å². The van der Waals surface area contributed by atoms with Crippen molar-refractivity contribution in [3.8, 4) is 17.7 Å². The maximum atomic E-state index is 15.0. The molecule has 5 rings (SSSR count). The second-order valence-corrected chi connectivity index (χ2v) is 9.83. The molecule has 0 saturated carbocycles. The largest absolute Gasteiger partial charge is 0.434 e. The van der Waals surface area contributed by atoms with E-state index >= 15 is 0 Å². The van der Waals surface area contributed by atoms with E-state index in [-0.39, 0.29) is 33.9 Å². The van der Waals surface area contributed by atoms with Crippen LogP contribution >= 0.6 is 0 Å². The van der Waals surface area contributed by atoms with E-state index in [4.69, 9.17) is 4.74 Å². The van der Waals surface area contributed by atoms with Crippen LogP contribution in [0.3, 0.4) is 0 Å². The molecule has 0 radical (unpaired) electrons. The number of halogens is 2. The molecule has 4 aromatic rings. The molecule has 1 saturated heterocycles. The highest BCUT2D eigenvalue weighted by Crippen LogP contribution is 2.34. The number of hydrogen-bond acceptors (Lipinski definition) is 9. The number of pyridine rings is 1. The summed E-state index contributed by atoms with van der Waals surface area (Å²) in [7, 11) is 0. The number of fused-ring (bicyclic) bond motifs is 1. The number of rotatable bonds is 9. The summed E-state index contributed by atoms with van der Waals surface area (Å²) in [4.78, 5) is 20.0. The molecule has 236 valence electrons. The number of aryl methyl sites for hydroxylation is 1. The number of aromatic amines is 1. The Hall–Kier alpha value is -4.34. The molecule has 3 aromatic heterocycles. The lowest BCUT2D eigenvalue weighted by atomic mass is 10.2. The van der Waals surface area contributed by atoms with Gasteiger partial charge >= 0.3 is 0 Å². The number of nitrogens with one attached hydrogen (secondary N) is 3. The second kappa shape index (κ2) is 17.1. The summed E-state index contributed by atoms with van der Waals surface area (Å²) in [6.07, 6.45) is 4.18. The molecule has 1 aliphatic heterocycles. The monoisotopic (exact) mass is 607 g/mol. The summed E-state index contributed by atoms with van der Waals surface area (Å²) < 4.78 is 35.0. The van der Waals surface area contributed by atoms with Gasteiger partial charge in [0.25, 0.3) is 0 Å². The third-order valence-corrected chi connectivity index (χ3v) is 6.89. The SMILES string of the molecule is CC.CCCNCC.CCN1CCN(c2ccc(Nc3ncnc(Oc4cc(F)c5[nH]c(C)cc5c4F)c3C#N)nc2)CC1. The summed E-state index contributed by atoms with van der Waals surface area (Å²) >= 11 is 0. The lowest BCUT2D eigenvalue weighted by molar-refractivity contribution is 0.271. The predicted octanol–water partition coefficient (Wildman–Crippen LogP) is 6.52. The molecule has 4 heterocycles. The Balaban J connectivity index is 0.000000593. The smallest absolute Gasteiger partial charge is 0.242 e. The molecule has 0 amide bonds. The van der Waals surface area contributed by atoms with Gasteiger partial charge in [-0.2, -0.15) is 5.26 Å². The van der Waals surface area contributed by atoms with E-state index in [1.54, 1.807) is 19.2 Å². The van der Waals surface area contributed by atoms with Gasteiger partial charge in [0, 0.05) is 43.3 Å². The zero-order valence-electron chi connectivity index (χ0n) is 26.5. The summed E-state index contributed by atoms with van der Waals surface area (Å²) in [5.74, 6) is -1.42. The van der Waals surface area contributed by atoms with Gasteiger partial charge in [0.05, 0.1) is 17.4 Å². The minimum atomic E-state index is -0.759. The van der Waals surface area contributed by atoms with E-state index in [1.807, 2.05) is 26.0 Å². The van der Waals surface area contributed by atoms with Gasteiger partial charge in [0.2, 0.25) is 5.88 Å². The maximum absolute atomic E-state index is 15.0. The zero-order chi connectivity index (χ0) is 32.1. The summed E-state index contributed by atoms with van der Waals surface area (Å²) in [6.45, 7) is 19.3. The molecule has 0 atom stereocenters. The Bertz CT molecular complexity index is 1510. The fourth-order valence-electron chi connectivity index (χ4n) is 4.60. The molecule has 0 aliphatic carbocycles. The van der Waals surface area contributed by atoms with E-state index < -0.39 is 11.6 Å². The molecule has 1 aliphatic rings. The average Bonchev–Trinajstić information content (AvgIpc) is 3.47. The fourth-order valence-corrected chi connectivity index (χ4v) is 4.60. The van der Waals surface area contributed by atoms with Gasteiger partial charge in [-0.1, -0.05) is 34.6 Å². The highest BCUT2D eigenvalue weighted by Gasteiger charge is 2.20. The topological polar surface area (TPSA) is 118 Å². The molecular formula is C32H43F2N9O. The molecule has 44 heavy (non-hydrogen) atoms. The molecule has 0 bridgehead atoms. The van der Waals surface area contributed by atoms with Crippen molar-refractivity contribution in [2.24, 2.45) is 0 Å². The Morgan fingerprint density at radius 1 is 1.05 bits per heavy atom. The average molecular weight is 608 g/mol. The van der Waals surface area contributed by atoms with E-state index in [0.29, 0.717) is 11.5 Å². The number of nitrogens with zero attached hydrogens (tertiary/aromatic N) is 6. The van der Waals surface area contributed by atoms with Crippen molar-refractivity contribution in [2.45, 2.75) is 48.0 Å². The van der Waals surface area contributed by atoms with Gasteiger partial charge in [0.1, 0.15) is 18.2 Å². The van der Waals surface area contributed by atoms with Gasteiger partial charge in [-0.05, 0) is 51.2 Å². The highest BCUT2D eigenvalue weighted by molar-refractivity contribution is 5.83. The first-order valence-corrected chi connectivity index (χ1v) is 15.2. The zero-order valence-corrected chi connectivity index (χ0v) is 26.5. The third-order valence-electron chi connectivity index (χ3n) is 6.89. The van der Waals surface area contributed by atoms with Gasteiger partial charge in [-0.15, -0.1) is 0 Å². The van der Waals surface area contributed by atoms with Crippen LogP contribution in [-0.2, 0) is 0 Å². The summed E-state index contributed by atoms with van der Waals surface area (Å²) in [5, 5.41) is 16.0. The third kappa shape index (κ3) is 8.61. The van der Waals surface area contributed by atoms with E-state index in [9.17, 15) is 14.0 Å². The fraction of sp³-hybridized carbons (Fsp3) is 0.438. The molecule has 3 N–H and O–H groups in total. The van der Waals surface area contributed by atoms with Crippen LogP contribution in [0.2, 0.25) is 0 Å². The van der Waals surface area contributed by atoms with Crippen LogP contribution in [0.5, 0.6) is 11.6 Å². The Labute approximate surface area is 258 Å². The van der Waals surface area contributed by atoms with Gasteiger partial charge in [-0.3, -0.25) is 0 Å². The molecule has 0 unspecified atom stereocenters. The minimum absolute atomic E-state index is 0.0460. The molecule has 1 fully saturated rings. The van der Waals surface area contributed by atoms with Crippen LogP contribution in [0.1, 0.15) is 52.3 Å². The lowest BCUT2D eigenvalue weighted by Gasteiger charge is -2.35. The van der Waals surface area contributed by atoms with Crippen LogP contribution in [0.15, 0.2) is 36.8 Å². The first-order valence-electron chi connectivity index (χ1n) is 15.2. The normalized spacial score (nSPS) is 12.9. The Morgan fingerprint density at radius 3 is 2.39 bits per heavy atom. The van der Waals surface area contributed by atoms with Crippen molar-refractivity contribution >= 4 is 28.2 Å². The van der Waals surface area contributed by atoms with Gasteiger partial charge < -0.3 is 30.2 Å². The number of ether oxygens (including phenoxy) is 1. The maximum Gasteiger partial charge on any atom is 0.242 e. The van der Waals surface area contributed by atoms with E-state index in [1.165, 1.54) is 18.8 Å². The first kappa shape index (κ1) is 34.2. The van der Waals surface area contributed by atoms with Gasteiger partial charge in [0.15, 0.2) is 28.8 Å². The van der Waals surface area contributed by atoms with Crippen molar-refractivity contribution in [1.29, 1.82) is 5.26 Å². The predicted molar refractivity (Wildman–Crippen MR) is 172 cm³/mol. The molecule has 10 nitrogen and oxygen atoms in total. The van der Waals surface area contributed by atoms with Crippen LogP contribution in [0.25, 0.3) is 10.9 Å². The van der Waals surface area contributed by atoms with Crippen LogP contribution < -0.4 is 20.3 Å². The number of nitriles is 1. The lowest BCUT2D eigenvalue weighted by Crippen LogP contribution is -2.46. The molecule has 1 aromatic carbocycles. The molecule has 12 heteroatoms. The molecular weight excluding hydrogens is 564 g/mol. The Morgan fingerprint density at radius 2 is 1.80 bits per heavy atom. The number of likely N-dealkylation sites (N-methyl/N-ethyl adjacent to an activating group) is 1. The van der Waals surface area contributed by atoms with Crippen molar-refractivity contribution in [3.05, 3.63) is 59.7 Å². The summed E-state index contributed by atoms with van der Waals surface area (Å²) in [5.41, 5.74) is 1.60. The van der Waals surface area contributed by atoms with Crippen LogP contribution in [-0.4, -0.2) is 70.6 Å². The quantitative estimate of drug-likeness (QED) is 0.183. The first-order chi connectivity index (χ1) is 21.4. The number of piperazine rings is 1. The molecule has 0 spiro atoms.